The minimum atomic E-state index is -0.820. The summed E-state index contributed by atoms with van der Waals surface area (Å²) in [4.78, 5) is 25.2. The first-order valence-electron chi connectivity index (χ1n) is 6.46. The van der Waals surface area contributed by atoms with Crippen molar-refractivity contribution < 1.29 is 18.4 Å². The van der Waals surface area contributed by atoms with E-state index >= 15 is 0 Å². The fraction of sp³-hybridized carbons (Fsp3) is 0.125. The first-order chi connectivity index (χ1) is 10.4. The van der Waals surface area contributed by atoms with Gasteiger partial charge in [-0.25, -0.2) is 8.78 Å². The molecule has 2 aromatic rings. The summed E-state index contributed by atoms with van der Waals surface area (Å²) in [6, 6.07) is 8.85. The molecule has 0 aliphatic rings. The van der Waals surface area contributed by atoms with E-state index in [0.29, 0.717) is 11.3 Å². The Bertz CT molecular complexity index is 730. The van der Waals surface area contributed by atoms with Crippen molar-refractivity contribution in [3.8, 4) is 0 Å². The maximum absolute atomic E-state index is 13.5. The molecule has 0 spiro atoms. The van der Waals surface area contributed by atoms with Crippen molar-refractivity contribution in [3.05, 3.63) is 65.2 Å². The van der Waals surface area contributed by atoms with Gasteiger partial charge in [0.15, 0.2) is 0 Å². The molecule has 4 nitrogen and oxygen atoms in total. The Morgan fingerprint density at radius 2 is 1.77 bits per heavy atom. The topological polar surface area (TPSA) is 49.4 Å². The standard InChI is InChI=1S/C16H14F2N2O2/c1-20(2)16(22)10-4-3-5-12(8-10)19-15(21)13-9-11(17)6-7-14(13)18/h3-9H,1-2H3,(H,19,21). The zero-order valence-electron chi connectivity index (χ0n) is 12.1. The second-order valence-corrected chi connectivity index (χ2v) is 4.86. The van der Waals surface area contributed by atoms with E-state index in [1.54, 1.807) is 32.3 Å². The molecule has 0 aromatic heterocycles. The van der Waals surface area contributed by atoms with Crippen LogP contribution in [0.1, 0.15) is 20.7 Å². The lowest BCUT2D eigenvalue weighted by Crippen LogP contribution is -2.22. The molecule has 0 radical (unpaired) electrons. The van der Waals surface area contributed by atoms with Gasteiger partial charge in [-0.1, -0.05) is 6.07 Å². The molecule has 2 amide bonds. The van der Waals surface area contributed by atoms with Crippen LogP contribution in [0.25, 0.3) is 0 Å². The van der Waals surface area contributed by atoms with Crippen LogP contribution < -0.4 is 5.32 Å². The number of benzene rings is 2. The molecule has 6 heteroatoms. The summed E-state index contributed by atoms with van der Waals surface area (Å²) in [5.41, 5.74) is 0.299. The maximum atomic E-state index is 13.5. The van der Waals surface area contributed by atoms with E-state index in [4.69, 9.17) is 0 Å². The molecule has 114 valence electrons. The quantitative estimate of drug-likeness (QED) is 0.948. The number of hydrogen-bond donors (Lipinski definition) is 1. The largest absolute Gasteiger partial charge is 0.345 e. The SMILES string of the molecule is CN(C)C(=O)c1cccc(NC(=O)c2cc(F)ccc2F)c1. The number of halogens is 2. The first kappa shape index (κ1) is 15.6. The van der Waals surface area contributed by atoms with Crippen molar-refractivity contribution >= 4 is 17.5 Å². The number of carbonyl (C=O) groups excluding carboxylic acids is 2. The van der Waals surface area contributed by atoms with Crippen molar-refractivity contribution in [1.29, 1.82) is 0 Å². The highest BCUT2D eigenvalue weighted by molar-refractivity contribution is 6.05. The molecule has 0 saturated heterocycles. The molecule has 0 saturated carbocycles. The summed E-state index contributed by atoms with van der Waals surface area (Å²) >= 11 is 0. The van der Waals surface area contributed by atoms with Gasteiger partial charge in [0.25, 0.3) is 11.8 Å². The second-order valence-electron chi connectivity index (χ2n) is 4.86. The fourth-order valence-corrected chi connectivity index (χ4v) is 1.86. The predicted molar refractivity (Wildman–Crippen MR) is 78.8 cm³/mol. The Morgan fingerprint density at radius 1 is 1.05 bits per heavy atom. The molecular weight excluding hydrogens is 290 g/mol. The predicted octanol–water partition coefficient (Wildman–Crippen LogP) is 2.92. The van der Waals surface area contributed by atoms with E-state index in [1.807, 2.05) is 0 Å². The van der Waals surface area contributed by atoms with Gasteiger partial charge in [0.05, 0.1) is 5.56 Å². The van der Waals surface area contributed by atoms with E-state index in [0.717, 1.165) is 18.2 Å². The number of amides is 2. The lowest BCUT2D eigenvalue weighted by atomic mass is 10.1. The summed E-state index contributed by atoms with van der Waals surface area (Å²) in [5.74, 6) is -2.54. The number of rotatable bonds is 3. The van der Waals surface area contributed by atoms with Crippen molar-refractivity contribution in [3.63, 3.8) is 0 Å². The number of nitrogens with one attached hydrogen (secondary N) is 1. The monoisotopic (exact) mass is 304 g/mol. The average Bonchev–Trinajstić information content (AvgIpc) is 2.49. The molecule has 0 heterocycles. The van der Waals surface area contributed by atoms with Crippen LogP contribution in [0.2, 0.25) is 0 Å². The smallest absolute Gasteiger partial charge is 0.258 e. The zero-order chi connectivity index (χ0) is 16.3. The minimum absolute atomic E-state index is 0.229. The third-order valence-electron chi connectivity index (χ3n) is 2.95. The minimum Gasteiger partial charge on any atom is -0.345 e. The summed E-state index contributed by atoms with van der Waals surface area (Å²) in [6.45, 7) is 0. The van der Waals surface area contributed by atoms with E-state index < -0.39 is 23.1 Å². The molecule has 0 unspecified atom stereocenters. The average molecular weight is 304 g/mol. The molecular formula is C16H14F2N2O2. The molecule has 0 atom stereocenters. The summed E-state index contributed by atoms with van der Waals surface area (Å²) in [6.07, 6.45) is 0. The number of hydrogen-bond acceptors (Lipinski definition) is 2. The number of anilines is 1. The maximum Gasteiger partial charge on any atom is 0.258 e. The van der Waals surface area contributed by atoms with Gasteiger partial charge in [-0.05, 0) is 36.4 Å². The van der Waals surface area contributed by atoms with Crippen molar-refractivity contribution in [2.45, 2.75) is 0 Å². The van der Waals surface area contributed by atoms with Gasteiger partial charge in [0, 0.05) is 25.3 Å². The summed E-state index contributed by atoms with van der Waals surface area (Å²) < 4.78 is 26.7. The molecule has 0 aliphatic carbocycles. The van der Waals surface area contributed by atoms with Crippen molar-refractivity contribution in [2.75, 3.05) is 19.4 Å². The molecule has 0 aliphatic heterocycles. The van der Waals surface area contributed by atoms with Crippen molar-refractivity contribution in [1.82, 2.24) is 4.90 Å². The van der Waals surface area contributed by atoms with Gasteiger partial charge < -0.3 is 10.2 Å². The lowest BCUT2D eigenvalue weighted by Gasteiger charge is -2.12. The second kappa shape index (κ2) is 6.34. The van der Waals surface area contributed by atoms with Gasteiger partial charge in [0.2, 0.25) is 0 Å². The van der Waals surface area contributed by atoms with Crippen LogP contribution in [0.15, 0.2) is 42.5 Å². The molecule has 1 N–H and O–H groups in total. The third kappa shape index (κ3) is 3.46. The number of nitrogens with zero attached hydrogens (tertiary/aromatic N) is 1. The third-order valence-corrected chi connectivity index (χ3v) is 2.95. The van der Waals surface area contributed by atoms with Gasteiger partial charge in [-0.15, -0.1) is 0 Å². The van der Waals surface area contributed by atoms with Gasteiger partial charge in [0.1, 0.15) is 11.6 Å². The molecule has 0 fully saturated rings. The highest BCUT2D eigenvalue weighted by atomic mass is 19.1. The number of carbonyl (C=O) groups is 2. The Hall–Kier alpha value is -2.76. The molecule has 2 rings (SSSR count). The van der Waals surface area contributed by atoms with Crippen LogP contribution in [0.4, 0.5) is 14.5 Å². The molecule has 0 bridgehead atoms. The summed E-state index contributed by atoms with van der Waals surface area (Å²) in [5, 5.41) is 2.44. The Balaban J connectivity index is 2.24. The molecule has 22 heavy (non-hydrogen) atoms. The van der Waals surface area contributed by atoms with Crippen molar-refractivity contribution in [2.24, 2.45) is 0 Å². The highest BCUT2D eigenvalue weighted by Crippen LogP contribution is 2.15. The fourth-order valence-electron chi connectivity index (χ4n) is 1.86. The first-order valence-corrected chi connectivity index (χ1v) is 6.46. The highest BCUT2D eigenvalue weighted by Gasteiger charge is 2.14. The Labute approximate surface area is 126 Å². The van der Waals surface area contributed by atoms with Crippen LogP contribution in [-0.4, -0.2) is 30.8 Å². The normalized spacial score (nSPS) is 10.2. The van der Waals surface area contributed by atoms with E-state index in [1.165, 1.54) is 11.0 Å². The zero-order valence-corrected chi connectivity index (χ0v) is 12.1. The van der Waals surface area contributed by atoms with E-state index in [-0.39, 0.29) is 5.91 Å². The Morgan fingerprint density at radius 3 is 2.45 bits per heavy atom. The van der Waals surface area contributed by atoms with Crippen LogP contribution in [0, 0.1) is 11.6 Å². The van der Waals surface area contributed by atoms with Crippen LogP contribution >= 0.6 is 0 Å². The van der Waals surface area contributed by atoms with Crippen LogP contribution in [0.3, 0.4) is 0 Å². The molecule has 2 aromatic carbocycles. The van der Waals surface area contributed by atoms with Crippen LogP contribution in [-0.2, 0) is 0 Å². The van der Waals surface area contributed by atoms with Gasteiger partial charge in [-0.3, -0.25) is 9.59 Å². The van der Waals surface area contributed by atoms with Crippen LogP contribution in [0.5, 0.6) is 0 Å². The lowest BCUT2D eigenvalue weighted by molar-refractivity contribution is 0.0827. The summed E-state index contributed by atoms with van der Waals surface area (Å²) in [7, 11) is 3.21. The van der Waals surface area contributed by atoms with Gasteiger partial charge >= 0.3 is 0 Å². The van der Waals surface area contributed by atoms with E-state index in [9.17, 15) is 18.4 Å². The Kier molecular flexibility index (Phi) is 4.50. The van der Waals surface area contributed by atoms with E-state index in [2.05, 4.69) is 5.32 Å². The van der Waals surface area contributed by atoms with Gasteiger partial charge in [-0.2, -0.15) is 0 Å².